The number of rotatable bonds is 1. The summed E-state index contributed by atoms with van der Waals surface area (Å²) in [4.78, 5) is 0. The molecule has 0 nitrogen and oxygen atoms in total. The fourth-order valence-corrected chi connectivity index (χ4v) is 4.96. The van der Waals surface area contributed by atoms with Crippen LogP contribution in [0.4, 0.5) is 0 Å². The van der Waals surface area contributed by atoms with Gasteiger partial charge >= 0.3 is 86.7 Å². The van der Waals surface area contributed by atoms with Crippen LogP contribution >= 0.6 is 49.0 Å². The summed E-state index contributed by atoms with van der Waals surface area (Å²) in [5.41, 5.74) is 0.140. The van der Waals surface area contributed by atoms with E-state index in [2.05, 4.69) is 0 Å². The molecule has 1 saturated carbocycles. The monoisotopic (exact) mass is 254 g/mol. The summed E-state index contributed by atoms with van der Waals surface area (Å²) in [6.45, 7) is 0. The van der Waals surface area contributed by atoms with E-state index < -0.39 is 4.01 Å². The average molecular weight is 256 g/mol. The molecule has 0 aromatic carbocycles. The molecule has 0 bridgehead atoms. The van der Waals surface area contributed by atoms with Gasteiger partial charge in [-0.25, -0.2) is 0 Å². The molecule has 0 radical (unpaired) electrons. The Morgan fingerprint density at radius 3 is 1.55 bits per heavy atom. The standard InChI is InChI=1S/C6H11Cl4P/c7-11(8,9,10)6-4-2-1-3-5-6/h6H,1-5H2. The molecule has 0 unspecified atom stereocenters. The minimum atomic E-state index is -3.33. The maximum atomic E-state index is 5.89. The van der Waals surface area contributed by atoms with E-state index in [0.717, 1.165) is 25.7 Å². The van der Waals surface area contributed by atoms with Crippen molar-refractivity contribution in [3.63, 3.8) is 0 Å². The van der Waals surface area contributed by atoms with Gasteiger partial charge in [0.15, 0.2) is 0 Å². The summed E-state index contributed by atoms with van der Waals surface area (Å²) in [6.07, 6.45) is 5.53. The van der Waals surface area contributed by atoms with E-state index in [1.165, 1.54) is 6.42 Å². The van der Waals surface area contributed by atoms with Gasteiger partial charge in [0.1, 0.15) is 0 Å². The van der Waals surface area contributed by atoms with Crippen LogP contribution in [0.2, 0.25) is 0 Å². The first kappa shape index (κ1) is 10.7. The van der Waals surface area contributed by atoms with Crippen LogP contribution in [-0.4, -0.2) is 5.66 Å². The molecule has 68 valence electrons. The Hall–Kier alpha value is 1.59. The van der Waals surface area contributed by atoms with Crippen LogP contribution in [0.3, 0.4) is 0 Å². The van der Waals surface area contributed by atoms with Crippen LogP contribution < -0.4 is 0 Å². The zero-order valence-corrected chi connectivity index (χ0v) is 9.99. The van der Waals surface area contributed by atoms with Gasteiger partial charge in [-0.15, -0.1) is 0 Å². The van der Waals surface area contributed by atoms with Crippen molar-refractivity contribution in [3.8, 4) is 0 Å². The molecular weight excluding hydrogens is 245 g/mol. The van der Waals surface area contributed by atoms with Crippen LogP contribution in [0.1, 0.15) is 32.1 Å². The third-order valence-corrected chi connectivity index (χ3v) is 7.06. The molecule has 0 aromatic rings. The van der Waals surface area contributed by atoms with Gasteiger partial charge in [-0.1, -0.05) is 0 Å². The molecule has 0 aromatic heterocycles. The maximum absolute atomic E-state index is 5.89. The molecule has 0 saturated heterocycles. The molecule has 1 fully saturated rings. The van der Waals surface area contributed by atoms with Crippen LogP contribution in [0, 0.1) is 0 Å². The van der Waals surface area contributed by atoms with Crippen molar-refractivity contribution in [2.24, 2.45) is 0 Å². The molecule has 1 aliphatic carbocycles. The molecule has 0 aliphatic heterocycles. The van der Waals surface area contributed by atoms with E-state index in [1.54, 1.807) is 0 Å². The molecule has 1 aliphatic rings. The number of hydrogen-bond acceptors (Lipinski definition) is 0. The molecule has 1 rings (SSSR count). The van der Waals surface area contributed by atoms with Gasteiger partial charge in [0.25, 0.3) is 0 Å². The van der Waals surface area contributed by atoms with E-state index in [1.807, 2.05) is 0 Å². The molecular formula is C6H11Cl4P. The van der Waals surface area contributed by atoms with Gasteiger partial charge in [0.2, 0.25) is 0 Å². The Morgan fingerprint density at radius 1 is 0.818 bits per heavy atom. The molecule has 0 amide bonds. The molecule has 0 atom stereocenters. The molecule has 0 spiro atoms. The van der Waals surface area contributed by atoms with Gasteiger partial charge in [0, 0.05) is 0 Å². The molecule has 11 heavy (non-hydrogen) atoms. The van der Waals surface area contributed by atoms with Crippen molar-refractivity contribution in [3.05, 3.63) is 0 Å². The van der Waals surface area contributed by atoms with Gasteiger partial charge in [0.05, 0.1) is 0 Å². The zero-order chi connectivity index (χ0) is 8.56. The van der Waals surface area contributed by atoms with E-state index >= 15 is 0 Å². The summed E-state index contributed by atoms with van der Waals surface area (Å²) in [6, 6.07) is 0. The predicted molar refractivity (Wildman–Crippen MR) is 57.2 cm³/mol. The summed E-state index contributed by atoms with van der Waals surface area (Å²) in [5.74, 6) is 0. The average Bonchev–Trinajstić information content (AvgIpc) is 1.86. The van der Waals surface area contributed by atoms with Crippen LogP contribution in [0.15, 0.2) is 0 Å². The van der Waals surface area contributed by atoms with Gasteiger partial charge < -0.3 is 0 Å². The summed E-state index contributed by atoms with van der Waals surface area (Å²) in [5, 5.41) is 0. The fourth-order valence-electron chi connectivity index (χ4n) is 1.47. The second-order valence-electron chi connectivity index (χ2n) is 3.07. The third kappa shape index (κ3) is 3.44. The second-order valence-corrected chi connectivity index (χ2v) is 16.9. The van der Waals surface area contributed by atoms with Gasteiger partial charge in [-0.05, 0) is 0 Å². The van der Waals surface area contributed by atoms with Crippen molar-refractivity contribution in [1.29, 1.82) is 0 Å². The van der Waals surface area contributed by atoms with E-state index in [9.17, 15) is 0 Å². The Labute approximate surface area is 86.6 Å². The van der Waals surface area contributed by atoms with Crippen molar-refractivity contribution in [2.75, 3.05) is 0 Å². The van der Waals surface area contributed by atoms with Crippen LogP contribution in [0.5, 0.6) is 0 Å². The van der Waals surface area contributed by atoms with E-state index in [4.69, 9.17) is 45.0 Å². The van der Waals surface area contributed by atoms with Gasteiger partial charge in [-0.3, -0.25) is 0 Å². The number of halogens is 4. The Morgan fingerprint density at radius 2 is 1.27 bits per heavy atom. The summed E-state index contributed by atoms with van der Waals surface area (Å²) in [7, 11) is 0. The number of hydrogen-bond donors (Lipinski definition) is 0. The van der Waals surface area contributed by atoms with Crippen molar-refractivity contribution >= 4 is 49.0 Å². The predicted octanol–water partition coefficient (Wildman–Crippen LogP) is 5.49. The second kappa shape index (κ2) is 3.39. The van der Waals surface area contributed by atoms with Crippen molar-refractivity contribution in [1.82, 2.24) is 0 Å². The molecule has 5 heteroatoms. The quantitative estimate of drug-likeness (QED) is 0.544. The molecule has 0 heterocycles. The topological polar surface area (TPSA) is 0 Å². The van der Waals surface area contributed by atoms with Crippen LogP contribution in [0.25, 0.3) is 0 Å². The summed E-state index contributed by atoms with van der Waals surface area (Å²) < 4.78 is -3.33. The Kier molecular flexibility index (Phi) is 3.29. The first-order valence-electron chi connectivity index (χ1n) is 3.75. The van der Waals surface area contributed by atoms with E-state index in [-0.39, 0.29) is 5.66 Å². The SMILES string of the molecule is ClP(Cl)(Cl)(Cl)C1CCCCC1. The fraction of sp³-hybridized carbons (Fsp3) is 1.00. The minimum absolute atomic E-state index is 0.140. The van der Waals surface area contributed by atoms with Crippen LogP contribution in [-0.2, 0) is 0 Å². The van der Waals surface area contributed by atoms with Gasteiger partial charge in [-0.2, -0.15) is 0 Å². The molecule has 0 N–H and O–H groups in total. The Bertz CT molecular complexity index is 135. The first-order valence-corrected chi connectivity index (χ1v) is 9.68. The zero-order valence-electron chi connectivity index (χ0n) is 6.07. The van der Waals surface area contributed by atoms with Crippen molar-refractivity contribution in [2.45, 2.75) is 37.8 Å². The van der Waals surface area contributed by atoms with Crippen molar-refractivity contribution < 1.29 is 0 Å². The van der Waals surface area contributed by atoms with E-state index in [0.29, 0.717) is 0 Å². The third-order valence-electron chi connectivity index (χ3n) is 2.13. The normalized spacial score (nSPS) is 26.0. The summed E-state index contributed by atoms with van der Waals surface area (Å²) >= 11 is 23.6. The Balaban J connectivity index is 2.59. The first-order chi connectivity index (χ1) is 4.86.